The highest BCUT2D eigenvalue weighted by atomic mass is 19.4. The number of fused-ring (bicyclic) bond motifs is 6. The van der Waals surface area contributed by atoms with Crippen LogP contribution in [0, 0.1) is 25.2 Å². The fourth-order valence-electron chi connectivity index (χ4n) is 9.65. The number of alkyl halides is 6. The first-order valence-electron chi connectivity index (χ1n) is 21.9. The second-order valence-electron chi connectivity index (χ2n) is 17.2. The van der Waals surface area contributed by atoms with Crippen molar-refractivity contribution in [3.8, 4) is 62.0 Å². The van der Waals surface area contributed by atoms with E-state index < -0.39 is 23.5 Å². The highest BCUT2D eigenvalue weighted by Crippen LogP contribution is 2.46. The summed E-state index contributed by atoms with van der Waals surface area (Å²) in [5.41, 5.74) is 8.92. The van der Waals surface area contributed by atoms with E-state index in [0.717, 1.165) is 89.1 Å². The number of hydrogen-bond acceptors (Lipinski definition) is 1. The molecule has 0 aliphatic heterocycles. The van der Waals surface area contributed by atoms with Crippen LogP contribution in [-0.2, 0) is 12.4 Å². The molecule has 0 unspecified atom stereocenters. The van der Waals surface area contributed by atoms with Gasteiger partial charge in [-0.15, -0.1) is 0 Å². The summed E-state index contributed by atoms with van der Waals surface area (Å²) in [5.74, 6) is 0. The van der Waals surface area contributed by atoms with Crippen molar-refractivity contribution < 1.29 is 26.3 Å². The van der Waals surface area contributed by atoms with Crippen molar-refractivity contribution in [2.75, 3.05) is 0 Å². The van der Waals surface area contributed by atoms with Crippen molar-refractivity contribution in [3.05, 3.63) is 216 Å². The van der Waals surface area contributed by atoms with Crippen molar-refractivity contribution in [1.29, 1.82) is 5.26 Å². The van der Waals surface area contributed by atoms with Gasteiger partial charge in [-0.1, -0.05) is 120 Å². The van der Waals surface area contributed by atoms with E-state index in [-0.39, 0.29) is 22.8 Å². The summed E-state index contributed by atoms with van der Waals surface area (Å²) in [6.45, 7) is 4.07. The molecule has 0 aliphatic rings. The lowest BCUT2D eigenvalue weighted by Gasteiger charge is -2.21. The average Bonchev–Trinajstić information content (AvgIpc) is 3.85. The Morgan fingerprint density at radius 3 is 1.32 bits per heavy atom. The summed E-state index contributed by atoms with van der Waals surface area (Å²) >= 11 is 0. The highest BCUT2D eigenvalue weighted by molar-refractivity contribution is 6.13. The van der Waals surface area contributed by atoms with Crippen molar-refractivity contribution >= 4 is 43.6 Å². The Morgan fingerprint density at radius 2 is 0.824 bits per heavy atom. The van der Waals surface area contributed by atoms with Crippen LogP contribution in [-0.4, -0.2) is 9.13 Å². The van der Waals surface area contributed by atoms with Gasteiger partial charge in [-0.3, -0.25) is 0 Å². The third-order valence-electron chi connectivity index (χ3n) is 12.9. The molecule has 2 aromatic heterocycles. The van der Waals surface area contributed by atoms with Gasteiger partial charge >= 0.3 is 12.4 Å². The van der Waals surface area contributed by atoms with Gasteiger partial charge in [-0.25, -0.2) is 0 Å². The molecule has 9 aromatic carbocycles. The van der Waals surface area contributed by atoms with Crippen LogP contribution < -0.4 is 0 Å². The predicted octanol–water partition coefficient (Wildman–Crippen LogP) is 17.1. The standard InChI is InChI=1S/C59H37F6N3/c1-35-14-18-37(19-15-35)39-22-25-53-48(30-39)46-9-3-5-11-51(46)67(53)55-27-24-41(43-28-44(58(60,61)62)33-45(29-43)59(63,64)65)32-50(55)57-42(34-66)8-7-13-56(57)68-52-12-6-4-10-47(52)49-31-40(23-26-54(49)68)38-20-16-36(2)17-21-38/h3-33H,1-2H3. The highest BCUT2D eigenvalue weighted by Gasteiger charge is 2.37. The Morgan fingerprint density at radius 1 is 0.382 bits per heavy atom. The van der Waals surface area contributed by atoms with Crippen LogP contribution in [0.15, 0.2) is 188 Å². The molecule has 0 saturated carbocycles. The van der Waals surface area contributed by atoms with E-state index in [1.165, 1.54) is 0 Å². The smallest absolute Gasteiger partial charge is 0.309 e. The minimum Gasteiger partial charge on any atom is -0.309 e. The summed E-state index contributed by atoms with van der Waals surface area (Å²) in [6.07, 6.45) is -10.1. The second-order valence-corrected chi connectivity index (χ2v) is 17.2. The molecule has 9 heteroatoms. The Hall–Kier alpha value is -8.35. The number of nitriles is 1. The molecule has 0 atom stereocenters. The molecule has 2 heterocycles. The molecule has 0 amide bonds. The maximum atomic E-state index is 14.4. The van der Waals surface area contributed by atoms with Crippen LogP contribution >= 0.6 is 0 Å². The Balaban J connectivity index is 1.23. The predicted molar refractivity (Wildman–Crippen MR) is 261 cm³/mol. The number of nitrogens with zero attached hydrogens (tertiary/aromatic N) is 3. The molecule has 68 heavy (non-hydrogen) atoms. The van der Waals surface area contributed by atoms with Crippen LogP contribution in [0.1, 0.15) is 27.8 Å². The van der Waals surface area contributed by atoms with Crippen molar-refractivity contribution in [1.82, 2.24) is 9.13 Å². The quantitative estimate of drug-likeness (QED) is 0.153. The zero-order valence-electron chi connectivity index (χ0n) is 36.5. The Labute approximate surface area is 387 Å². The van der Waals surface area contributed by atoms with Crippen LogP contribution in [0.5, 0.6) is 0 Å². The summed E-state index contributed by atoms with van der Waals surface area (Å²) in [5, 5.41) is 14.8. The normalized spacial score (nSPS) is 12.1. The number of halogens is 6. The summed E-state index contributed by atoms with van der Waals surface area (Å²) in [6, 6.07) is 59.1. The van der Waals surface area contributed by atoms with Gasteiger partial charge in [0.1, 0.15) is 0 Å². The molecule has 0 saturated heterocycles. The number of benzene rings is 9. The third-order valence-corrected chi connectivity index (χ3v) is 12.9. The van der Waals surface area contributed by atoms with Crippen LogP contribution in [0.3, 0.4) is 0 Å². The molecule has 0 radical (unpaired) electrons. The van der Waals surface area contributed by atoms with Crippen LogP contribution in [0.2, 0.25) is 0 Å². The molecular formula is C59H37F6N3. The van der Waals surface area contributed by atoms with Gasteiger partial charge in [0, 0.05) is 32.7 Å². The third kappa shape index (κ3) is 7.17. The maximum absolute atomic E-state index is 14.4. The lowest BCUT2D eigenvalue weighted by Crippen LogP contribution is -2.11. The van der Waals surface area contributed by atoms with Crippen molar-refractivity contribution in [3.63, 3.8) is 0 Å². The number of para-hydroxylation sites is 2. The largest absolute Gasteiger partial charge is 0.416 e. The first-order chi connectivity index (χ1) is 32.7. The second kappa shape index (κ2) is 15.9. The van der Waals surface area contributed by atoms with Gasteiger partial charge in [-0.05, 0) is 126 Å². The summed E-state index contributed by atoms with van der Waals surface area (Å²) in [4.78, 5) is 0. The first kappa shape index (κ1) is 42.3. The van der Waals surface area contributed by atoms with Crippen molar-refractivity contribution in [2.24, 2.45) is 0 Å². The SMILES string of the molecule is Cc1ccc(-c2ccc3c(c2)c2ccccc2n3-c2ccc(-c3cc(C(F)(F)F)cc(C(F)(F)F)c3)cc2-c2c(C#N)cccc2-n2c3ccccc3c3cc(-c4ccc(C)cc4)ccc32)cc1. The molecule has 11 aromatic rings. The molecular weight excluding hydrogens is 865 g/mol. The summed E-state index contributed by atoms with van der Waals surface area (Å²) in [7, 11) is 0. The van der Waals surface area contributed by atoms with Gasteiger partial charge in [0.15, 0.2) is 0 Å². The Bertz CT molecular complexity index is 3810. The molecule has 0 aliphatic carbocycles. The van der Waals surface area contributed by atoms with E-state index in [4.69, 9.17) is 0 Å². The van der Waals surface area contributed by atoms with E-state index in [1.807, 2.05) is 86.6 Å². The monoisotopic (exact) mass is 901 g/mol. The topological polar surface area (TPSA) is 33.6 Å². The number of aromatic nitrogens is 2. The molecule has 11 rings (SSSR count). The molecule has 330 valence electrons. The van der Waals surface area contributed by atoms with Gasteiger partial charge in [0.2, 0.25) is 0 Å². The van der Waals surface area contributed by atoms with E-state index in [9.17, 15) is 31.6 Å². The Kier molecular flexibility index (Phi) is 9.90. The molecule has 0 bridgehead atoms. The fourth-order valence-corrected chi connectivity index (χ4v) is 9.65. The van der Waals surface area contributed by atoms with Crippen LogP contribution in [0.25, 0.3) is 99.5 Å². The molecule has 0 spiro atoms. The lowest BCUT2D eigenvalue weighted by atomic mass is 9.91. The van der Waals surface area contributed by atoms with E-state index >= 15 is 0 Å². The number of rotatable bonds is 6. The fraction of sp³-hybridized carbons (Fsp3) is 0.0678. The van der Waals surface area contributed by atoms with Crippen molar-refractivity contribution in [2.45, 2.75) is 26.2 Å². The van der Waals surface area contributed by atoms with E-state index in [0.29, 0.717) is 22.5 Å². The zero-order chi connectivity index (χ0) is 47.1. The minimum atomic E-state index is -5.06. The first-order valence-corrected chi connectivity index (χ1v) is 21.9. The number of aryl methyl sites for hydroxylation is 2. The minimum absolute atomic E-state index is 0.103. The lowest BCUT2D eigenvalue weighted by molar-refractivity contribution is -0.143. The van der Waals surface area contributed by atoms with Gasteiger partial charge < -0.3 is 9.13 Å². The molecule has 0 fully saturated rings. The molecule has 3 nitrogen and oxygen atoms in total. The van der Waals surface area contributed by atoms with Gasteiger partial charge in [0.05, 0.1) is 56.2 Å². The zero-order valence-corrected chi connectivity index (χ0v) is 36.5. The van der Waals surface area contributed by atoms with Gasteiger partial charge in [0.25, 0.3) is 0 Å². The number of hydrogen-bond donors (Lipinski definition) is 0. The van der Waals surface area contributed by atoms with Crippen LogP contribution in [0.4, 0.5) is 26.3 Å². The molecule has 0 N–H and O–H groups in total. The maximum Gasteiger partial charge on any atom is 0.416 e. The summed E-state index contributed by atoms with van der Waals surface area (Å²) < 4.78 is 90.5. The van der Waals surface area contributed by atoms with E-state index in [2.05, 4.69) is 81.9 Å². The average molecular weight is 902 g/mol. The van der Waals surface area contributed by atoms with Gasteiger partial charge in [-0.2, -0.15) is 31.6 Å². The van der Waals surface area contributed by atoms with E-state index in [1.54, 1.807) is 30.3 Å².